The fraction of sp³-hybridized carbons (Fsp3) is 0.125. The average Bonchev–Trinajstić information content (AvgIpc) is 3.15. The van der Waals surface area contributed by atoms with Crippen LogP contribution < -0.4 is 20.2 Å². The smallest absolute Gasteiger partial charge is 0.198 e. The number of carbonyl (C=O) groups excluding carboxylic acids is 2. The van der Waals surface area contributed by atoms with Crippen molar-refractivity contribution in [2.75, 3.05) is 38.0 Å². The van der Waals surface area contributed by atoms with Gasteiger partial charge in [-0.05, 0) is 51.4 Å². The molecule has 4 nitrogen and oxygen atoms in total. The fourth-order valence-electron chi connectivity index (χ4n) is 4.67. The lowest BCUT2D eigenvalue weighted by atomic mass is 9.94. The van der Waals surface area contributed by atoms with Crippen LogP contribution in [0.1, 0.15) is 31.8 Å². The Morgan fingerprint density at radius 3 is 1.33 bits per heavy atom. The monoisotopic (exact) mass is 472 g/mol. The lowest BCUT2D eigenvalue weighted by molar-refractivity contribution is 0.102. The number of Topliss-reactive ketones (excluding diaryl/α,β-unsaturated/α-hetero) is 2. The lowest BCUT2D eigenvalue weighted by Crippen LogP contribution is -2.18. The van der Waals surface area contributed by atoms with Crippen LogP contribution in [-0.4, -0.2) is 39.8 Å². The van der Waals surface area contributed by atoms with Gasteiger partial charge in [0.2, 0.25) is 0 Å². The van der Waals surface area contributed by atoms with Crippen LogP contribution in [0.15, 0.2) is 97.1 Å². The first-order valence-corrected chi connectivity index (χ1v) is 11.9. The van der Waals surface area contributed by atoms with E-state index in [1.54, 1.807) is 24.3 Å². The van der Waals surface area contributed by atoms with E-state index in [0.717, 1.165) is 33.3 Å². The Hall–Kier alpha value is -4.44. The molecule has 0 saturated carbocycles. The molecule has 0 bridgehead atoms. The lowest BCUT2D eigenvalue weighted by Gasteiger charge is -2.16. The molecule has 0 unspecified atom stereocenters. The molecule has 0 aliphatic heterocycles. The molecule has 0 fully saturated rings. The Balaban J connectivity index is 1.68. The van der Waals surface area contributed by atoms with Crippen molar-refractivity contribution < 1.29 is 9.59 Å². The van der Waals surface area contributed by atoms with Crippen molar-refractivity contribution >= 4 is 34.1 Å². The largest absolute Gasteiger partial charge is 0.378 e. The number of anilines is 2. The number of benzene rings is 4. The third-order valence-corrected chi connectivity index (χ3v) is 6.68. The SMILES string of the molecule is CN(C)c1ccc(C(c2ccc(N(C)C)cc2)=c2ccc(=C3C(=O)c4ccccc4C3=O)cc2)cc1. The van der Waals surface area contributed by atoms with Crippen LogP contribution in [-0.2, 0) is 0 Å². The normalized spacial score (nSPS) is 12.5. The minimum Gasteiger partial charge on any atom is -0.378 e. The second kappa shape index (κ2) is 9.31. The summed E-state index contributed by atoms with van der Waals surface area (Å²) in [5, 5.41) is 1.67. The standard InChI is InChI=1S/C32H28N2O2/c1-33(2)25-17-13-22(14-18-25)29(23-15-19-26(20-16-23)34(3)4)21-9-11-24(12-10-21)30-31(35)27-7-5-6-8-28(27)32(30)36/h5-20H,1-4H3. The Labute approximate surface area is 211 Å². The van der Waals surface area contributed by atoms with E-state index in [1.807, 2.05) is 52.5 Å². The second-order valence-electron chi connectivity index (χ2n) is 9.41. The van der Waals surface area contributed by atoms with Gasteiger partial charge in [-0.2, -0.15) is 0 Å². The molecule has 5 rings (SSSR count). The summed E-state index contributed by atoms with van der Waals surface area (Å²) < 4.78 is 0. The molecule has 0 radical (unpaired) electrons. The van der Waals surface area contributed by atoms with Crippen LogP contribution >= 0.6 is 0 Å². The number of fused-ring (bicyclic) bond motifs is 1. The van der Waals surface area contributed by atoms with Gasteiger partial charge in [0.05, 0.1) is 5.57 Å². The van der Waals surface area contributed by atoms with E-state index in [9.17, 15) is 9.59 Å². The summed E-state index contributed by atoms with van der Waals surface area (Å²) in [5.74, 6) is -0.405. The Kier molecular flexibility index (Phi) is 6.03. The fourth-order valence-corrected chi connectivity index (χ4v) is 4.67. The highest BCUT2D eigenvalue weighted by Gasteiger charge is 2.32. The summed E-state index contributed by atoms with van der Waals surface area (Å²) in [6.07, 6.45) is 0. The van der Waals surface area contributed by atoms with Gasteiger partial charge >= 0.3 is 0 Å². The maximum absolute atomic E-state index is 13.0. The quantitative estimate of drug-likeness (QED) is 0.444. The average molecular weight is 473 g/mol. The van der Waals surface area contributed by atoms with E-state index < -0.39 is 0 Å². The molecular formula is C32H28N2O2. The zero-order valence-electron chi connectivity index (χ0n) is 20.9. The molecular weight excluding hydrogens is 444 g/mol. The minimum atomic E-state index is -0.203. The highest BCUT2D eigenvalue weighted by atomic mass is 16.2. The first-order chi connectivity index (χ1) is 17.3. The molecule has 4 aromatic rings. The van der Waals surface area contributed by atoms with Crippen LogP contribution in [0.5, 0.6) is 0 Å². The van der Waals surface area contributed by atoms with E-state index in [-0.39, 0.29) is 17.1 Å². The van der Waals surface area contributed by atoms with E-state index in [4.69, 9.17) is 0 Å². The summed E-state index contributed by atoms with van der Waals surface area (Å²) in [5.41, 5.74) is 6.75. The van der Waals surface area contributed by atoms with Crippen molar-refractivity contribution in [3.8, 4) is 0 Å². The summed E-state index contributed by atoms with van der Waals surface area (Å²) in [4.78, 5) is 30.1. The van der Waals surface area contributed by atoms with Gasteiger partial charge in [-0.15, -0.1) is 0 Å². The molecule has 0 amide bonds. The molecule has 1 aliphatic carbocycles. The summed E-state index contributed by atoms with van der Waals surface area (Å²) >= 11 is 0. The third-order valence-electron chi connectivity index (χ3n) is 6.68. The number of carbonyl (C=O) groups is 2. The van der Waals surface area contributed by atoms with Crippen molar-refractivity contribution in [1.82, 2.24) is 0 Å². The maximum Gasteiger partial charge on any atom is 0.198 e. The van der Waals surface area contributed by atoms with Crippen LogP contribution in [0.3, 0.4) is 0 Å². The molecule has 0 heterocycles. The van der Waals surface area contributed by atoms with Gasteiger partial charge in [-0.3, -0.25) is 9.59 Å². The van der Waals surface area contributed by atoms with Gasteiger partial charge in [-0.25, -0.2) is 0 Å². The molecule has 0 N–H and O–H groups in total. The summed E-state index contributed by atoms with van der Waals surface area (Å²) in [6.45, 7) is 0. The molecule has 36 heavy (non-hydrogen) atoms. The highest BCUT2D eigenvalue weighted by molar-refractivity contribution is 6.55. The number of hydrogen-bond acceptors (Lipinski definition) is 4. The predicted molar refractivity (Wildman–Crippen MR) is 147 cm³/mol. The molecule has 1 aliphatic rings. The van der Waals surface area contributed by atoms with Gasteiger partial charge in [0.25, 0.3) is 0 Å². The molecule has 0 atom stereocenters. The molecule has 4 heteroatoms. The van der Waals surface area contributed by atoms with Crippen LogP contribution in [0, 0.1) is 0 Å². The van der Waals surface area contributed by atoms with Crippen LogP contribution in [0.2, 0.25) is 0 Å². The molecule has 4 aromatic carbocycles. The van der Waals surface area contributed by atoms with E-state index in [0.29, 0.717) is 16.3 Å². The number of nitrogens with zero attached hydrogens (tertiary/aromatic N) is 2. The molecule has 0 aromatic heterocycles. The van der Waals surface area contributed by atoms with E-state index in [1.165, 1.54) is 0 Å². The first-order valence-electron chi connectivity index (χ1n) is 11.9. The van der Waals surface area contributed by atoms with Gasteiger partial charge in [0.1, 0.15) is 0 Å². The van der Waals surface area contributed by atoms with Gasteiger partial charge in [-0.1, -0.05) is 72.8 Å². The Morgan fingerprint density at radius 1 is 0.528 bits per heavy atom. The first kappa shape index (κ1) is 23.3. The van der Waals surface area contributed by atoms with Crippen LogP contribution in [0.25, 0.3) is 11.1 Å². The number of hydrogen-bond donors (Lipinski definition) is 0. The number of rotatable bonds is 4. The van der Waals surface area contributed by atoms with Gasteiger partial charge in [0, 0.05) is 50.7 Å². The predicted octanol–water partition coefficient (Wildman–Crippen LogP) is 4.30. The van der Waals surface area contributed by atoms with Gasteiger partial charge in [0.15, 0.2) is 11.6 Å². The van der Waals surface area contributed by atoms with Gasteiger partial charge < -0.3 is 9.80 Å². The zero-order valence-corrected chi connectivity index (χ0v) is 20.9. The van der Waals surface area contributed by atoms with Crippen molar-refractivity contribution in [2.24, 2.45) is 0 Å². The zero-order chi connectivity index (χ0) is 25.4. The third kappa shape index (κ3) is 4.11. The summed E-state index contributed by atoms with van der Waals surface area (Å²) in [7, 11) is 8.11. The summed E-state index contributed by atoms with van der Waals surface area (Å²) in [6, 6.07) is 31.8. The second-order valence-corrected chi connectivity index (χ2v) is 9.41. The molecule has 178 valence electrons. The van der Waals surface area contributed by atoms with Crippen LogP contribution in [0.4, 0.5) is 11.4 Å². The maximum atomic E-state index is 13.0. The Bertz CT molecular complexity index is 1480. The van der Waals surface area contributed by atoms with Crippen molar-refractivity contribution in [3.05, 3.63) is 130 Å². The van der Waals surface area contributed by atoms with Crippen molar-refractivity contribution in [1.29, 1.82) is 0 Å². The topological polar surface area (TPSA) is 40.6 Å². The minimum absolute atomic E-state index is 0.203. The van der Waals surface area contributed by atoms with E-state index >= 15 is 0 Å². The molecule has 0 spiro atoms. The van der Waals surface area contributed by atoms with E-state index in [2.05, 4.69) is 58.3 Å². The molecule has 0 saturated heterocycles. The van der Waals surface area contributed by atoms with Crippen molar-refractivity contribution in [2.45, 2.75) is 0 Å². The highest BCUT2D eigenvalue weighted by Crippen LogP contribution is 2.27. The Morgan fingerprint density at radius 2 is 0.944 bits per heavy atom. The number of ketones is 2. The van der Waals surface area contributed by atoms with Crippen molar-refractivity contribution in [3.63, 3.8) is 0 Å².